The van der Waals surface area contributed by atoms with Crippen molar-refractivity contribution in [2.45, 2.75) is 23.2 Å². The first-order valence-electron chi connectivity index (χ1n) is 5.76. The van der Waals surface area contributed by atoms with Crippen molar-refractivity contribution in [3.05, 3.63) is 29.8 Å². The van der Waals surface area contributed by atoms with Gasteiger partial charge in [0, 0.05) is 5.75 Å². The van der Waals surface area contributed by atoms with Crippen molar-refractivity contribution in [3.8, 4) is 6.07 Å². The number of aliphatic carboxylic acids is 1. The summed E-state index contributed by atoms with van der Waals surface area (Å²) in [6.07, 6.45) is 0. The average molecular weight is 312 g/mol. The lowest BCUT2D eigenvalue weighted by atomic mass is 10.2. The van der Waals surface area contributed by atoms with Gasteiger partial charge in [-0.2, -0.15) is 9.57 Å². The fraction of sp³-hybridized carbons (Fsp3) is 0.333. The molecular weight excluding hydrogens is 300 g/mol. The lowest BCUT2D eigenvalue weighted by molar-refractivity contribution is -0.140. The van der Waals surface area contributed by atoms with E-state index >= 15 is 0 Å². The highest BCUT2D eigenvalue weighted by Crippen LogP contribution is 2.35. The molecule has 6 nitrogen and oxygen atoms in total. The molecule has 8 heteroatoms. The van der Waals surface area contributed by atoms with Crippen LogP contribution in [0.4, 0.5) is 0 Å². The van der Waals surface area contributed by atoms with Crippen LogP contribution in [0.5, 0.6) is 0 Å². The van der Waals surface area contributed by atoms with E-state index in [1.165, 1.54) is 30.0 Å². The minimum absolute atomic E-state index is 0.0146. The van der Waals surface area contributed by atoms with Crippen LogP contribution >= 0.6 is 11.8 Å². The highest BCUT2D eigenvalue weighted by atomic mass is 32.2. The number of hydrogen-bond acceptors (Lipinski definition) is 5. The number of carbonyl (C=O) groups is 1. The molecule has 2 unspecified atom stereocenters. The van der Waals surface area contributed by atoms with Gasteiger partial charge in [0.15, 0.2) is 0 Å². The van der Waals surface area contributed by atoms with Crippen molar-refractivity contribution < 1.29 is 18.3 Å². The Morgan fingerprint density at radius 3 is 2.75 bits per heavy atom. The molecule has 20 heavy (non-hydrogen) atoms. The second-order valence-electron chi connectivity index (χ2n) is 4.23. The van der Waals surface area contributed by atoms with Crippen molar-refractivity contribution in [2.24, 2.45) is 0 Å². The maximum atomic E-state index is 12.6. The van der Waals surface area contributed by atoms with Gasteiger partial charge in [0.1, 0.15) is 17.0 Å². The minimum atomic E-state index is -4.02. The lowest BCUT2D eigenvalue weighted by Crippen LogP contribution is -2.44. The molecular formula is C12H12N2O4S2. The number of sulfonamides is 1. The molecule has 1 saturated heterocycles. The Morgan fingerprint density at radius 2 is 2.15 bits per heavy atom. The van der Waals surface area contributed by atoms with Gasteiger partial charge in [0.25, 0.3) is 0 Å². The first-order valence-corrected chi connectivity index (χ1v) is 8.25. The SMILES string of the molecule is CC1SCC(C(=O)O)N1S(=O)(=O)c1ccccc1C#N. The van der Waals surface area contributed by atoms with Gasteiger partial charge in [-0.3, -0.25) is 4.79 Å². The van der Waals surface area contributed by atoms with Crippen molar-refractivity contribution in [1.29, 1.82) is 5.26 Å². The number of hydrogen-bond donors (Lipinski definition) is 1. The molecule has 1 aromatic carbocycles. The summed E-state index contributed by atoms with van der Waals surface area (Å²) in [6.45, 7) is 1.64. The van der Waals surface area contributed by atoms with Crippen LogP contribution in [0.2, 0.25) is 0 Å². The van der Waals surface area contributed by atoms with Crippen LogP contribution < -0.4 is 0 Å². The molecule has 1 N–H and O–H groups in total. The number of nitrogens with zero attached hydrogens (tertiary/aromatic N) is 2. The van der Waals surface area contributed by atoms with Crippen molar-refractivity contribution >= 4 is 27.8 Å². The zero-order valence-corrected chi connectivity index (χ0v) is 12.2. The Labute approximate surface area is 121 Å². The molecule has 1 heterocycles. The molecule has 1 aliphatic rings. The fourth-order valence-corrected chi connectivity index (χ4v) is 5.51. The standard InChI is InChI=1S/C12H12N2O4S2/c1-8-14(10(7-19-8)12(15)16)20(17,18)11-5-3-2-4-9(11)6-13/h2-5,8,10H,7H2,1H3,(H,15,16). The zero-order valence-electron chi connectivity index (χ0n) is 10.6. The maximum absolute atomic E-state index is 12.6. The summed E-state index contributed by atoms with van der Waals surface area (Å²) in [5.74, 6) is -0.982. The van der Waals surface area contributed by atoms with Crippen LogP contribution in [0.15, 0.2) is 29.2 Å². The molecule has 0 bridgehead atoms. The lowest BCUT2D eigenvalue weighted by Gasteiger charge is -2.24. The average Bonchev–Trinajstić information content (AvgIpc) is 2.81. The molecule has 0 radical (unpaired) electrons. The van der Waals surface area contributed by atoms with Crippen molar-refractivity contribution in [2.75, 3.05) is 5.75 Å². The zero-order chi connectivity index (χ0) is 14.9. The molecule has 0 amide bonds. The van der Waals surface area contributed by atoms with E-state index in [0.717, 1.165) is 4.31 Å². The first-order chi connectivity index (χ1) is 9.39. The van der Waals surface area contributed by atoms with Crippen LogP contribution in [0.25, 0.3) is 0 Å². The van der Waals surface area contributed by atoms with E-state index in [0.29, 0.717) is 0 Å². The van der Waals surface area contributed by atoms with E-state index in [1.807, 2.05) is 6.07 Å². The van der Waals surface area contributed by atoms with E-state index < -0.39 is 27.4 Å². The Hall–Kier alpha value is -1.56. The monoisotopic (exact) mass is 312 g/mol. The number of carboxylic acid groups (broad SMARTS) is 1. The normalized spacial score (nSPS) is 23.4. The van der Waals surface area contributed by atoms with E-state index in [9.17, 15) is 13.2 Å². The van der Waals surface area contributed by atoms with Gasteiger partial charge in [-0.1, -0.05) is 12.1 Å². The topological polar surface area (TPSA) is 98.5 Å². The highest BCUT2D eigenvalue weighted by molar-refractivity contribution is 8.01. The summed E-state index contributed by atoms with van der Waals surface area (Å²) in [4.78, 5) is 11.1. The smallest absolute Gasteiger partial charge is 0.322 e. The summed E-state index contributed by atoms with van der Waals surface area (Å²) < 4.78 is 26.2. The quantitative estimate of drug-likeness (QED) is 0.897. The Bertz CT molecular complexity index is 681. The predicted molar refractivity (Wildman–Crippen MR) is 73.5 cm³/mol. The van der Waals surface area contributed by atoms with Crippen LogP contribution in [0.3, 0.4) is 0 Å². The molecule has 1 aliphatic heterocycles. The first kappa shape index (κ1) is 14.8. The van der Waals surface area contributed by atoms with Crippen LogP contribution in [-0.4, -0.2) is 41.0 Å². The Balaban J connectivity index is 2.55. The van der Waals surface area contributed by atoms with E-state index in [4.69, 9.17) is 10.4 Å². The molecule has 1 aromatic rings. The van der Waals surface area contributed by atoms with Crippen LogP contribution in [-0.2, 0) is 14.8 Å². The summed E-state index contributed by atoms with van der Waals surface area (Å²) in [5.41, 5.74) is 0.0146. The predicted octanol–water partition coefficient (Wildman–Crippen LogP) is 1.09. The highest BCUT2D eigenvalue weighted by Gasteiger charge is 2.45. The molecule has 1 fully saturated rings. The van der Waals surface area contributed by atoms with Gasteiger partial charge in [-0.25, -0.2) is 8.42 Å². The largest absolute Gasteiger partial charge is 0.480 e. The molecule has 0 saturated carbocycles. The number of carboxylic acids is 1. The summed E-state index contributed by atoms with van der Waals surface area (Å²) >= 11 is 1.26. The van der Waals surface area contributed by atoms with Crippen molar-refractivity contribution in [3.63, 3.8) is 0 Å². The van der Waals surface area contributed by atoms with Gasteiger partial charge in [-0.15, -0.1) is 11.8 Å². The summed E-state index contributed by atoms with van der Waals surface area (Å²) in [6, 6.07) is 6.52. The molecule has 0 aromatic heterocycles. The molecule has 0 aliphatic carbocycles. The molecule has 106 valence electrons. The number of benzene rings is 1. The van der Waals surface area contributed by atoms with Gasteiger partial charge in [0.05, 0.1) is 10.9 Å². The number of rotatable bonds is 3. The molecule has 2 atom stereocenters. The van der Waals surface area contributed by atoms with Gasteiger partial charge >= 0.3 is 5.97 Å². The summed E-state index contributed by atoms with van der Waals surface area (Å²) in [5, 5.41) is 17.7. The Morgan fingerprint density at radius 1 is 1.50 bits per heavy atom. The second-order valence-corrected chi connectivity index (χ2v) is 7.39. The third-order valence-electron chi connectivity index (χ3n) is 3.01. The third-order valence-corrected chi connectivity index (χ3v) is 6.40. The molecule has 0 spiro atoms. The number of thioether (sulfide) groups is 1. The van der Waals surface area contributed by atoms with Gasteiger partial charge in [-0.05, 0) is 19.1 Å². The third kappa shape index (κ3) is 2.40. The number of nitriles is 1. The summed E-state index contributed by atoms with van der Waals surface area (Å²) in [7, 11) is -4.02. The second kappa shape index (κ2) is 5.44. The van der Waals surface area contributed by atoms with E-state index in [-0.39, 0.29) is 16.2 Å². The van der Waals surface area contributed by atoms with Crippen molar-refractivity contribution in [1.82, 2.24) is 4.31 Å². The minimum Gasteiger partial charge on any atom is -0.480 e. The van der Waals surface area contributed by atoms with Gasteiger partial charge < -0.3 is 5.11 Å². The van der Waals surface area contributed by atoms with Crippen LogP contribution in [0.1, 0.15) is 12.5 Å². The van der Waals surface area contributed by atoms with E-state index in [1.54, 1.807) is 13.0 Å². The van der Waals surface area contributed by atoms with E-state index in [2.05, 4.69) is 0 Å². The Kier molecular flexibility index (Phi) is 4.04. The van der Waals surface area contributed by atoms with Crippen LogP contribution in [0, 0.1) is 11.3 Å². The van der Waals surface area contributed by atoms with Gasteiger partial charge in [0.2, 0.25) is 10.0 Å². The fourth-order valence-electron chi connectivity index (χ4n) is 2.07. The maximum Gasteiger partial charge on any atom is 0.322 e. The molecule has 2 rings (SSSR count).